The van der Waals surface area contributed by atoms with Crippen LogP contribution in [0.25, 0.3) is 5.69 Å². The average Bonchev–Trinajstić information content (AvgIpc) is 3.39. The highest BCUT2D eigenvalue weighted by atomic mass is 32.1. The summed E-state index contributed by atoms with van der Waals surface area (Å²) in [5.74, 6) is 0.142. The van der Waals surface area contributed by atoms with Gasteiger partial charge >= 0.3 is 0 Å². The standard InChI is InChI=1S/C30H31N5O2S/c1-19-11-13-22(14-12-19)32-27(37)15-17-34-29(28(33-30(34)38)24-8-6-7-16-31-24)23-18-20(2)35(21(23)3)25-9-4-5-10-26(25)36/h4-14,16,18,28-29,36H,15,17H2,1-3H3,(H,32,37)(H,33,38)/t28-,29-/m1/s1. The molecule has 0 saturated carbocycles. The summed E-state index contributed by atoms with van der Waals surface area (Å²) in [5.41, 5.74) is 6.56. The molecule has 0 radical (unpaired) electrons. The van der Waals surface area contributed by atoms with Gasteiger partial charge in [0, 0.05) is 36.2 Å². The molecular formula is C30H31N5O2S. The molecule has 7 nitrogen and oxygen atoms in total. The van der Waals surface area contributed by atoms with Crippen molar-refractivity contribution >= 4 is 28.9 Å². The van der Waals surface area contributed by atoms with Gasteiger partial charge in [-0.2, -0.15) is 0 Å². The number of anilines is 1. The largest absolute Gasteiger partial charge is 0.506 e. The Morgan fingerprint density at radius 2 is 1.79 bits per heavy atom. The van der Waals surface area contributed by atoms with Crippen molar-refractivity contribution in [3.63, 3.8) is 0 Å². The minimum atomic E-state index is -0.192. The number of nitrogens with one attached hydrogen (secondary N) is 2. The number of aromatic nitrogens is 2. The maximum absolute atomic E-state index is 12.9. The number of pyridine rings is 1. The molecule has 1 aliphatic rings. The fourth-order valence-electron chi connectivity index (χ4n) is 5.18. The molecule has 1 aliphatic heterocycles. The summed E-state index contributed by atoms with van der Waals surface area (Å²) in [6, 6.07) is 22.7. The molecule has 1 fully saturated rings. The number of phenolic OH excluding ortho intramolecular Hbond substituents is 1. The van der Waals surface area contributed by atoms with Crippen LogP contribution in [0.3, 0.4) is 0 Å². The SMILES string of the molecule is Cc1ccc(NC(=O)CCN2C(=S)N[C@H](c3ccccn3)[C@H]2c2cc(C)n(-c3ccccc3O)c2C)cc1. The highest BCUT2D eigenvalue weighted by molar-refractivity contribution is 7.80. The van der Waals surface area contributed by atoms with Gasteiger partial charge < -0.3 is 25.2 Å². The lowest BCUT2D eigenvalue weighted by atomic mass is 9.96. The van der Waals surface area contributed by atoms with E-state index < -0.39 is 0 Å². The van der Waals surface area contributed by atoms with E-state index in [1.54, 1.807) is 12.3 Å². The fraction of sp³-hybridized carbons (Fsp3) is 0.233. The Morgan fingerprint density at radius 3 is 2.50 bits per heavy atom. The lowest BCUT2D eigenvalue weighted by Crippen LogP contribution is -2.32. The molecule has 3 N–H and O–H groups in total. The second-order valence-electron chi connectivity index (χ2n) is 9.63. The summed E-state index contributed by atoms with van der Waals surface area (Å²) < 4.78 is 2.06. The van der Waals surface area contributed by atoms with Gasteiger partial charge in [0.05, 0.1) is 23.5 Å². The third kappa shape index (κ3) is 4.99. The Bertz CT molecular complexity index is 1470. The van der Waals surface area contributed by atoms with Crippen LogP contribution in [0.15, 0.2) is 79.0 Å². The zero-order valence-corrected chi connectivity index (χ0v) is 22.5. The van der Waals surface area contributed by atoms with Crippen molar-refractivity contribution in [3.05, 3.63) is 107 Å². The normalized spacial score (nSPS) is 16.9. The van der Waals surface area contributed by atoms with E-state index in [9.17, 15) is 9.90 Å². The van der Waals surface area contributed by atoms with Crippen LogP contribution in [0.2, 0.25) is 0 Å². The Labute approximate surface area is 228 Å². The summed E-state index contributed by atoms with van der Waals surface area (Å²) in [7, 11) is 0. The van der Waals surface area contributed by atoms with E-state index in [1.807, 2.05) is 81.4 Å². The Kier molecular flexibility index (Phi) is 7.15. The molecule has 1 amide bonds. The number of thiocarbonyl (C=S) groups is 1. The van der Waals surface area contributed by atoms with E-state index >= 15 is 0 Å². The van der Waals surface area contributed by atoms with Crippen LogP contribution in [-0.4, -0.2) is 37.1 Å². The van der Waals surface area contributed by atoms with E-state index in [0.29, 0.717) is 11.7 Å². The molecule has 0 unspecified atom stereocenters. The number of nitrogens with zero attached hydrogens (tertiary/aromatic N) is 3. The van der Waals surface area contributed by atoms with Crippen molar-refractivity contribution in [2.45, 2.75) is 39.3 Å². The summed E-state index contributed by atoms with van der Waals surface area (Å²) >= 11 is 5.80. The zero-order chi connectivity index (χ0) is 26.8. The van der Waals surface area contributed by atoms with Crippen LogP contribution < -0.4 is 10.6 Å². The van der Waals surface area contributed by atoms with Gasteiger partial charge in [-0.25, -0.2) is 0 Å². The van der Waals surface area contributed by atoms with Gasteiger partial charge in [0.25, 0.3) is 0 Å². The van der Waals surface area contributed by atoms with Crippen molar-refractivity contribution in [1.29, 1.82) is 0 Å². The first-order valence-electron chi connectivity index (χ1n) is 12.7. The highest BCUT2D eigenvalue weighted by Crippen LogP contribution is 2.42. The number of benzene rings is 2. The van der Waals surface area contributed by atoms with Crippen molar-refractivity contribution in [2.24, 2.45) is 0 Å². The first-order chi connectivity index (χ1) is 18.3. The number of carbonyl (C=O) groups excluding carboxylic acids is 1. The van der Waals surface area contributed by atoms with Gasteiger partial charge in [-0.3, -0.25) is 9.78 Å². The molecule has 0 bridgehead atoms. The summed E-state index contributed by atoms with van der Waals surface area (Å²) in [4.78, 5) is 19.6. The number of rotatable bonds is 7. The first kappa shape index (κ1) is 25.5. The maximum Gasteiger partial charge on any atom is 0.226 e. The summed E-state index contributed by atoms with van der Waals surface area (Å²) in [6.45, 7) is 6.53. The first-order valence-corrected chi connectivity index (χ1v) is 13.1. The number of phenols is 1. The van der Waals surface area contributed by atoms with E-state index in [-0.39, 0.29) is 30.2 Å². The molecule has 2 atom stereocenters. The number of aromatic hydroxyl groups is 1. The van der Waals surface area contributed by atoms with Gasteiger partial charge in [-0.1, -0.05) is 35.9 Å². The van der Waals surface area contributed by atoms with Crippen molar-refractivity contribution in [1.82, 2.24) is 19.8 Å². The highest BCUT2D eigenvalue weighted by Gasteiger charge is 2.41. The monoisotopic (exact) mass is 525 g/mol. The Morgan fingerprint density at radius 1 is 1.05 bits per heavy atom. The molecule has 2 aromatic heterocycles. The third-order valence-corrected chi connectivity index (χ3v) is 7.38. The van der Waals surface area contributed by atoms with Gasteiger partial charge in [-0.15, -0.1) is 0 Å². The molecule has 194 valence electrons. The van der Waals surface area contributed by atoms with E-state index in [1.165, 1.54) is 0 Å². The number of aryl methyl sites for hydroxylation is 2. The molecule has 0 aliphatic carbocycles. The molecule has 0 spiro atoms. The third-order valence-electron chi connectivity index (χ3n) is 7.02. The predicted molar refractivity (Wildman–Crippen MR) is 153 cm³/mol. The lowest BCUT2D eigenvalue weighted by Gasteiger charge is -2.28. The van der Waals surface area contributed by atoms with Gasteiger partial charge in [0.2, 0.25) is 5.91 Å². The Hall–Kier alpha value is -4.17. The molecule has 38 heavy (non-hydrogen) atoms. The second kappa shape index (κ2) is 10.7. The molecule has 2 aromatic carbocycles. The minimum Gasteiger partial charge on any atom is -0.506 e. The van der Waals surface area contributed by atoms with Crippen LogP contribution in [-0.2, 0) is 4.79 Å². The van der Waals surface area contributed by atoms with Gasteiger partial charge in [0.15, 0.2) is 5.11 Å². The van der Waals surface area contributed by atoms with Crippen molar-refractivity contribution in [2.75, 3.05) is 11.9 Å². The molecule has 3 heterocycles. The van der Waals surface area contributed by atoms with Crippen LogP contribution in [0.5, 0.6) is 5.75 Å². The molecule has 4 aromatic rings. The van der Waals surface area contributed by atoms with Crippen LogP contribution in [0.1, 0.15) is 46.7 Å². The van der Waals surface area contributed by atoms with Gasteiger partial charge in [0.1, 0.15) is 5.75 Å². The van der Waals surface area contributed by atoms with Crippen LogP contribution >= 0.6 is 12.2 Å². The number of hydrogen-bond acceptors (Lipinski definition) is 4. The van der Waals surface area contributed by atoms with Crippen molar-refractivity contribution < 1.29 is 9.90 Å². The summed E-state index contributed by atoms with van der Waals surface area (Å²) in [5, 5.41) is 17.6. The van der Waals surface area contributed by atoms with Crippen LogP contribution in [0.4, 0.5) is 5.69 Å². The fourth-order valence-corrected chi connectivity index (χ4v) is 5.51. The average molecular weight is 526 g/mol. The second-order valence-corrected chi connectivity index (χ2v) is 10.0. The van der Waals surface area contributed by atoms with Crippen molar-refractivity contribution in [3.8, 4) is 11.4 Å². The Balaban J connectivity index is 1.47. The zero-order valence-electron chi connectivity index (χ0n) is 21.7. The van der Waals surface area contributed by atoms with Crippen LogP contribution in [0, 0.1) is 20.8 Å². The molecular weight excluding hydrogens is 494 g/mol. The van der Waals surface area contributed by atoms with E-state index in [4.69, 9.17) is 12.2 Å². The number of carbonyl (C=O) groups is 1. The predicted octanol–water partition coefficient (Wildman–Crippen LogP) is 5.50. The van der Waals surface area contributed by atoms with E-state index in [2.05, 4.69) is 31.2 Å². The maximum atomic E-state index is 12.9. The molecule has 1 saturated heterocycles. The molecule has 5 rings (SSSR count). The van der Waals surface area contributed by atoms with Gasteiger partial charge in [-0.05, 0) is 81.0 Å². The summed E-state index contributed by atoms with van der Waals surface area (Å²) in [6.07, 6.45) is 2.05. The topological polar surface area (TPSA) is 82.4 Å². The minimum absolute atomic E-state index is 0.0728. The number of para-hydroxylation sites is 2. The van der Waals surface area contributed by atoms with E-state index in [0.717, 1.165) is 39.6 Å². The quantitative estimate of drug-likeness (QED) is 0.276. The lowest BCUT2D eigenvalue weighted by molar-refractivity contribution is -0.116. The number of hydrogen-bond donors (Lipinski definition) is 3. The smallest absolute Gasteiger partial charge is 0.226 e. The molecule has 8 heteroatoms. The number of amides is 1.